The van der Waals surface area contributed by atoms with Crippen molar-refractivity contribution >= 4 is 23.1 Å². The summed E-state index contributed by atoms with van der Waals surface area (Å²) in [5, 5.41) is -0.112. The van der Waals surface area contributed by atoms with Crippen LogP contribution in [0.3, 0.4) is 0 Å². The molecular formula is C13H11ClF3N3. The number of halogens is 4. The standard InChI is InChI=1S/C13H11ClF3N3/c1-8-2-4-10(5-3-8)19-20-12-11(14)6-9(7-18-12)13(15,16)17/h2-7,19H,1H3,(H,18,20). The number of pyridine rings is 1. The quantitative estimate of drug-likeness (QED) is 0.820. The van der Waals surface area contributed by atoms with Crippen LogP contribution in [0.2, 0.25) is 5.02 Å². The van der Waals surface area contributed by atoms with Crippen molar-refractivity contribution in [3.8, 4) is 0 Å². The van der Waals surface area contributed by atoms with E-state index in [-0.39, 0.29) is 10.8 Å². The van der Waals surface area contributed by atoms with Crippen LogP contribution in [0, 0.1) is 6.92 Å². The van der Waals surface area contributed by atoms with Crippen LogP contribution in [0.25, 0.3) is 0 Å². The van der Waals surface area contributed by atoms with Gasteiger partial charge in [-0.05, 0) is 25.1 Å². The van der Waals surface area contributed by atoms with E-state index in [1.807, 2.05) is 31.2 Å². The number of rotatable bonds is 3. The minimum Gasteiger partial charge on any atom is -0.300 e. The largest absolute Gasteiger partial charge is 0.417 e. The van der Waals surface area contributed by atoms with Crippen LogP contribution in [0.1, 0.15) is 11.1 Å². The highest BCUT2D eigenvalue weighted by Crippen LogP contribution is 2.32. The minimum atomic E-state index is -4.46. The SMILES string of the molecule is Cc1ccc(NNc2ncc(C(F)(F)F)cc2Cl)cc1. The van der Waals surface area contributed by atoms with Crippen LogP contribution in [0.4, 0.5) is 24.7 Å². The van der Waals surface area contributed by atoms with Crippen LogP contribution in [0.5, 0.6) is 0 Å². The summed E-state index contributed by atoms with van der Waals surface area (Å²) in [4.78, 5) is 3.65. The zero-order chi connectivity index (χ0) is 14.8. The third kappa shape index (κ3) is 3.54. The molecule has 1 heterocycles. The zero-order valence-electron chi connectivity index (χ0n) is 10.4. The molecule has 0 aliphatic carbocycles. The lowest BCUT2D eigenvalue weighted by atomic mass is 10.2. The number of anilines is 2. The van der Waals surface area contributed by atoms with Crippen molar-refractivity contribution < 1.29 is 13.2 Å². The number of nitrogens with one attached hydrogen (secondary N) is 2. The molecule has 20 heavy (non-hydrogen) atoms. The first kappa shape index (κ1) is 14.5. The molecule has 0 radical (unpaired) electrons. The predicted molar refractivity (Wildman–Crippen MR) is 72.7 cm³/mol. The number of hydrogen-bond acceptors (Lipinski definition) is 3. The monoisotopic (exact) mass is 301 g/mol. The van der Waals surface area contributed by atoms with Gasteiger partial charge in [0, 0.05) is 6.20 Å². The Morgan fingerprint density at radius 3 is 2.30 bits per heavy atom. The Morgan fingerprint density at radius 1 is 1.10 bits per heavy atom. The number of hydrazine groups is 1. The maximum absolute atomic E-state index is 12.5. The molecular weight excluding hydrogens is 291 g/mol. The fourth-order valence-electron chi connectivity index (χ4n) is 1.45. The van der Waals surface area contributed by atoms with Crippen LogP contribution in [0.15, 0.2) is 36.5 Å². The normalized spacial score (nSPS) is 11.2. The molecule has 0 atom stereocenters. The molecule has 0 fully saturated rings. The number of aromatic nitrogens is 1. The van der Waals surface area contributed by atoms with Gasteiger partial charge in [0.25, 0.3) is 0 Å². The van der Waals surface area contributed by atoms with Crippen molar-refractivity contribution in [3.05, 3.63) is 52.7 Å². The van der Waals surface area contributed by atoms with Gasteiger partial charge in [-0.3, -0.25) is 10.9 Å². The minimum absolute atomic E-state index is 0.112. The van der Waals surface area contributed by atoms with Crippen LogP contribution in [-0.2, 0) is 6.18 Å². The van der Waals surface area contributed by atoms with Crippen molar-refractivity contribution in [1.82, 2.24) is 4.98 Å². The van der Waals surface area contributed by atoms with Crippen molar-refractivity contribution in [2.75, 3.05) is 10.9 Å². The first-order valence-corrected chi connectivity index (χ1v) is 6.05. The third-order valence-electron chi connectivity index (χ3n) is 2.55. The molecule has 2 aromatic rings. The Bertz CT molecular complexity index is 597. The van der Waals surface area contributed by atoms with E-state index in [1.54, 1.807) is 0 Å². The van der Waals surface area contributed by atoms with Crippen molar-refractivity contribution in [3.63, 3.8) is 0 Å². The second-order valence-electron chi connectivity index (χ2n) is 4.17. The van der Waals surface area contributed by atoms with Gasteiger partial charge in [-0.15, -0.1) is 0 Å². The summed E-state index contributed by atoms with van der Waals surface area (Å²) in [5.41, 5.74) is 6.43. The Labute approximate surface area is 118 Å². The molecule has 1 aromatic carbocycles. The molecule has 3 nitrogen and oxygen atoms in total. The lowest BCUT2D eigenvalue weighted by Gasteiger charge is -2.12. The van der Waals surface area contributed by atoms with E-state index in [4.69, 9.17) is 11.6 Å². The number of aryl methyl sites for hydroxylation is 1. The van der Waals surface area contributed by atoms with Gasteiger partial charge in [0.15, 0.2) is 5.82 Å². The fraction of sp³-hybridized carbons (Fsp3) is 0.154. The Morgan fingerprint density at radius 2 is 1.75 bits per heavy atom. The first-order chi connectivity index (χ1) is 9.36. The van der Waals surface area contributed by atoms with E-state index in [9.17, 15) is 13.2 Å². The van der Waals surface area contributed by atoms with E-state index in [0.29, 0.717) is 0 Å². The number of alkyl halides is 3. The van der Waals surface area contributed by atoms with Crippen molar-refractivity contribution in [1.29, 1.82) is 0 Å². The zero-order valence-corrected chi connectivity index (χ0v) is 11.2. The maximum atomic E-state index is 12.5. The molecule has 1 aromatic heterocycles. The molecule has 0 saturated carbocycles. The third-order valence-corrected chi connectivity index (χ3v) is 2.83. The topological polar surface area (TPSA) is 37.0 Å². The van der Waals surface area contributed by atoms with Crippen LogP contribution in [-0.4, -0.2) is 4.98 Å². The van der Waals surface area contributed by atoms with Crippen molar-refractivity contribution in [2.24, 2.45) is 0 Å². The second kappa shape index (κ2) is 5.58. The van der Waals surface area contributed by atoms with Gasteiger partial charge in [-0.1, -0.05) is 29.3 Å². The van der Waals surface area contributed by atoms with Gasteiger partial charge in [-0.2, -0.15) is 13.2 Å². The molecule has 0 saturated heterocycles. The highest BCUT2D eigenvalue weighted by Gasteiger charge is 2.31. The molecule has 7 heteroatoms. The first-order valence-electron chi connectivity index (χ1n) is 5.68. The van der Waals surface area contributed by atoms with E-state index < -0.39 is 11.7 Å². The highest BCUT2D eigenvalue weighted by molar-refractivity contribution is 6.33. The molecule has 0 amide bonds. The van der Waals surface area contributed by atoms with Gasteiger partial charge < -0.3 is 0 Å². The maximum Gasteiger partial charge on any atom is 0.417 e. The van der Waals surface area contributed by atoms with Crippen LogP contribution >= 0.6 is 11.6 Å². The summed E-state index contributed by atoms with van der Waals surface area (Å²) in [6.45, 7) is 1.95. The number of hydrogen-bond donors (Lipinski definition) is 2. The van der Waals surface area contributed by atoms with Gasteiger partial charge >= 0.3 is 6.18 Å². The lowest BCUT2D eigenvalue weighted by molar-refractivity contribution is -0.137. The summed E-state index contributed by atoms with van der Waals surface area (Å²) in [7, 11) is 0. The average molecular weight is 302 g/mol. The second-order valence-corrected chi connectivity index (χ2v) is 4.58. The van der Waals surface area contributed by atoms with Gasteiger partial charge in [0.1, 0.15) is 0 Å². The summed E-state index contributed by atoms with van der Waals surface area (Å²) in [6.07, 6.45) is -3.73. The molecule has 0 aliphatic heterocycles. The summed E-state index contributed by atoms with van der Waals surface area (Å²) < 4.78 is 37.4. The number of nitrogens with zero attached hydrogens (tertiary/aromatic N) is 1. The summed E-state index contributed by atoms with van der Waals surface area (Å²) in [5.74, 6) is 0.125. The lowest BCUT2D eigenvalue weighted by Crippen LogP contribution is -2.12. The smallest absolute Gasteiger partial charge is 0.300 e. The van der Waals surface area contributed by atoms with E-state index >= 15 is 0 Å². The molecule has 2 rings (SSSR count). The fourth-order valence-corrected chi connectivity index (χ4v) is 1.67. The van der Waals surface area contributed by atoms with Gasteiger partial charge in [-0.25, -0.2) is 4.98 Å². The summed E-state index contributed by atoms with van der Waals surface area (Å²) in [6, 6.07) is 8.26. The Balaban J connectivity index is 2.08. The molecule has 0 spiro atoms. The number of benzene rings is 1. The molecule has 2 N–H and O–H groups in total. The molecule has 106 valence electrons. The van der Waals surface area contributed by atoms with Gasteiger partial charge in [0.2, 0.25) is 0 Å². The Hall–Kier alpha value is -1.95. The highest BCUT2D eigenvalue weighted by atomic mass is 35.5. The van der Waals surface area contributed by atoms with E-state index in [2.05, 4.69) is 15.8 Å². The van der Waals surface area contributed by atoms with E-state index in [0.717, 1.165) is 23.5 Å². The predicted octanol–water partition coefficient (Wildman–Crippen LogP) is 4.50. The molecule has 0 unspecified atom stereocenters. The molecule has 0 bridgehead atoms. The Kier molecular flexibility index (Phi) is 4.04. The average Bonchev–Trinajstić information content (AvgIpc) is 2.38. The molecule has 0 aliphatic rings. The van der Waals surface area contributed by atoms with Gasteiger partial charge in [0.05, 0.1) is 16.3 Å². The van der Waals surface area contributed by atoms with Crippen LogP contribution < -0.4 is 10.9 Å². The summed E-state index contributed by atoms with van der Waals surface area (Å²) >= 11 is 5.76. The van der Waals surface area contributed by atoms with E-state index in [1.165, 1.54) is 0 Å². The van der Waals surface area contributed by atoms with Crippen molar-refractivity contribution in [2.45, 2.75) is 13.1 Å².